The topological polar surface area (TPSA) is 84.7 Å². The summed E-state index contributed by atoms with van der Waals surface area (Å²) in [6.45, 7) is 6.51. The van der Waals surface area contributed by atoms with Crippen molar-refractivity contribution in [1.29, 1.82) is 0 Å². The van der Waals surface area contributed by atoms with Gasteiger partial charge in [0.25, 0.3) is 0 Å². The van der Waals surface area contributed by atoms with Crippen LogP contribution < -0.4 is 11.1 Å². The van der Waals surface area contributed by atoms with E-state index in [1.807, 2.05) is 13.8 Å². The molecule has 0 saturated carbocycles. The van der Waals surface area contributed by atoms with Crippen LogP contribution in [-0.4, -0.2) is 48.6 Å². The molecule has 1 aliphatic heterocycles. The van der Waals surface area contributed by atoms with Gasteiger partial charge >= 0.3 is 0 Å². The summed E-state index contributed by atoms with van der Waals surface area (Å²) in [5, 5.41) is 2.82. The lowest BCUT2D eigenvalue weighted by Gasteiger charge is -2.35. The van der Waals surface area contributed by atoms with E-state index in [2.05, 4.69) is 10.2 Å². The first-order valence-corrected chi connectivity index (χ1v) is 7.51. The molecule has 0 radical (unpaired) electrons. The van der Waals surface area contributed by atoms with E-state index in [1.54, 1.807) is 24.3 Å². The van der Waals surface area contributed by atoms with E-state index in [0.717, 1.165) is 13.1 Å². The average molecular weight is 305 g/mol. The fourth-order valence-electron chi connectivity index (χ4n) is 2.67. The van der Waals surface area contributed by atoms with Gasteiger partial charge in [-0.1, -0.05) is 0 Å². The SMILES string of the molecule is C[C@@H]1CN(CCC(=O)Nc2ccc(C(N)=O)cc2)C[C@H](C)O1. The van der Waals surface area contributed by atoms with Gasteiger partial charge in [-0.2, -0.15) is 0 Å². The van der Waals surface area contributed by atoms with Crippen LogP contribution in [0.15, 0.2) is 24.3 Å². The third-order valence-electron chi connectivity index (χ3n) is 3.60. The number of carbonyl (C=O) groups is 2. The highest BCUT2D eigenvalue weighted by molar-refractivity contribution is 5.94. The van der Waals surface area contributed by atoms with E-state index in [1.165, 1.54) is 0 Å². The molecule has 2 rings (SSSR count). The number of nitrogens with zero attached hydrogens (tertiary/aromatic N) is 1. The van der Waals surface area contributed by atoms with Crippen LogP contribution in [0, 0.1) is 0 Å². The second kappa shape index (κ2) is 7.38. The first-order valence-electron chi connectivity index (χ1n) is 7.51. The standard InChI is InChI=1S/C16H23N3O3/c1-11-9-19(10-12(2)22-11)8-7-15(20)18-14-5-3-13(4-6-14)16(17)21/h3-6,11-12H,7-10H2,1-2H3,(H2,17,21)(H,18,20)/t11-,12+. The zero-order valence-electron chi connectivity index (χ0n) is 13.0. The Morgan fingerprint density at radius 3 is 2.36 bits per heavy atom. The molecule has 1 fully saturated rings. The van der Waals surface area contributed by atoms with Crippen molar-refractivity contribution in [1.82, 2.24) is 4.90 Å². The molecule has 0 aliphatic carbocycles. The molecule has 0 aromatic heterocycles. The number of rotatable bonds is 5. The highest BCUT2D eigenvalue weighted by Gasteiger charge is 2.22. The molecule has 1 aromatic carbocycles. The number of nitrogens with one attached hydrogen (secondary N) is 1. The molecule has 6 heteroatoms. The molecule has 0 spiro atoms. The maximum absolute atomic E-state index is 12.0. The maximum Gasteiger partial charge on any atom is 0.248 e. The molecule has 2 amide bonds. The normalized spacial score (nSPS) is 22.3. The van der Waals surface area contributed by atoms with Crippen LogP contribution in [-0.2, 0) is 9.53 Å². The summed E-state index contributed by atoms with van der Waals surface area (Å²) in [6.07, 6.45) is 0.832. The van der Waals surface area contributed by atoms with Gasteiger partial charge in [0.1, 0.15) is 0 Å². The summed E-state index contributed by atoms with van der Waals surface area (Å²) >= 11 is 0. The fourth-order valence-corrected chi connectivity index (χ4v) is 2.67. The van der Waals surface area contributed by atoms with Crippen molar-refractivity contribution in [2.24, 2.45) is 5.73 Å². The third kappa shape index (κ3) is 4.82. The van der Waals surface area contributed by atoms with E-state index < -0.39 is 5.91 Å². The molecular weight excluding hydrogens is 282 g/mol. The number of morpholine rings is 1. The first kappa shape index (κ1) is 16.5. The Hall–Kier alpha value is -1.92. The van der Waals surface area contributed by atoms with Gasteiger partial charge in [-0.25, -0.2) is 0 Å². The van der Waals surface area contributed by atoms with Crippen LogP contribution in [0.5, 0.6) is 0 Å². The smallest absolute Gasteiger partial charge is 0.248 e. The van der Waals surface area contributed by atoms with Crippen molar-refractivity contribution < 1.29 is 14.3 Å². The quantitative estimate of drug-likeness (QED) is 0.856. The fraction of sp³-hybridized carbons (Fsp3) is 0.500. The monoisotopic (exact) mass is 305 g/mol. The summed E-state index contributed by atoms with van der Waals surface area (Å²) in [7, 11) is 0. The van der Waals surface area contributed by atoms with Crippen molar-refractivity contribution in [3.8, 4) is 0 Å². The zero-order chi connectivity index (χ0) is 16.1. The maximum atomic E-state index is 12.0. The van der Waals surface area contributed by atoms with Crippen molar-refractivity contribution in [2.75, 3.05) is 25.0 Å². The van der Waals surface area contributed by atoms with Crippen molar-refractivity contribution in [3.05, 3.63) is 29.8 Å². The average Bonchev–Trinajstić information content (AvgIpc) is 2.45. The number of amides is 2. The molecule has 120 valence electrons. The Morgan fingerprint density at radius 2 is 1.82 bits per heavy atom. The van der Waals surface area contributed by atoms with E-state index in [0.29, 0.717) is 24.2 Å². The number of primary amides is 1. The van der Waals surface area contributed by atoms with Gasteiger partial charge in [-0.3, -0.25) is 14.5 Å². The number of hydrogen-bond donors (Lipinski definition) is 2. The second-order valence-electron chi connectivity index (χ2n) is 5.76. The van der Waals surface area contributed by atoms with E-state index in [9.17, 15) is 9.59 Å². The minimum absolute atomic E-state index is 0.0429. The van der Waals surface area contributed by atoms with Gasteiger partial charge in [-0.05, 0) is 38.1 Å². The van der Waals surface area contributed by atoms with Crippen molar-refractivity contribution >= 4 is 17.5 Å². The number of nitrogens with two attached hydrogens (primary N) is 1. The number of ether oxygens (including phenoxy) is 1. The molecule has 22 heavy (non-hydrogen) atoms. The van der Waals surface area contributed by atoms with E-state index in [-0.39, 0.29) is 18.1 Å². The molecule has 2 atom stereocenters. The molecule has 0 unspecified atom stereocenters. The van der Waals surface area contributed by atoms with Crippen molar-refractivity contribution in [3.63, 3.8) is 0 Å². The number of carbonyl (C=O) groups excluding carboxylic acids is 2. The van der Waals surface area contributed by atoms with Gasteiger partial charge in [0.05, 0.1) is 12.2 Å². The lowest BCUT2D eigenvalue weighted by Crippen LogP contribution is -2.46. The molecule has 0 bridgehead atoms. The van der Waals surface area contributed by atoms with Gasteiger partial charge in [0.2, 0.25) is 11.8 Å². The molecule has 1 aliphatic rings. The van der Waals surface area contributed by atoms with Crippen LogP contribution in [0.1, 0.15) is 30.6 Å². The van der Waals surface area contributed by atoms with E-state index in [4.69, 9.17) is 10.5 Å². The second-order valence-corrected chi connectivity index (χ2v) is 5.76. The number of anilines is 1. The molecule has 1 saturated heterocycles. The highest BCUT2D eigenvalue weighted by atomic mass is 16.5. The Morgan fingerprint density at radius 1 is 1.23 bits per heavy atom. The van der Waals surface area contributed by atoms with E-state index >= 15 is 0 Å². The minimum Gasteiger partial charge on any atom is -0.373 e. The molecular formula is C16H23N3O3. The summed E-state index contributed by atoms with van der Waals surface area (Å²) in [4.78, 5) is 25.2. The molecule has 3 N–H and O–H groups in total. The molecule has 1 heterocycles. The molecule has 6 nitrogen and oxygen atoms in total. The lowest BCUT2D eigenvalue weighted by atomic mass is 10.2. The first-order chi connectivity index (χ1) is 10.4. The Bertz CT molecular complexity index is 520. The minimum atomic E-state index is -0.478. The summed E-state index contributed by atoms with van der Waals surface area (Å²) < 4.78 is 5.67. The number of hydrogen-bond acceptors (Lipinski definition) is 4. The highest BCUT2D eigenvalue weighted by Crippen LogP contribution is 2.12. The lowest BCUT2D eigenvalue weighted by molar-refractivity contribution is -0.117. The Balaban J connectivity index is 1.79. The number of benzene rings is 1. The van der Waals surface area contributed by atoms with Crippen LogP contribution in [0.3, 0.4) is 0 Å². The third-order valence-corrected chi connectivity index (χ3v) is 3.60. The van der Waals surface area contributed by atoms with Gasteiger partial charge in [0, 0.05) is 37.3 Å². The van der Waals surface area contributed by atoms with Gasteiger partial charge < -0.3 is 15.8 Å². The predicted molar refractivity (Wildman–Crippen MR) is 84.7 cm³/mol. The Labute approximate surface area is 130 Å². The zero-order valence-corrected chi connectivity index (χ0v) is 13.0. The largest absolute Gasteiger partial charge is 0.373 e. The predicted octanol–water partition coefficient (Wildman–Crippen LogP) is 1.22. The van der Waals surface area contributed by atoms with Gasteiger partial charge in [0.15, 0.2) is 0 Å². The van der Waals surface area contributed by atoms with Gasteiger partial charge in [-0.15, -0.1) is 0 Å². The summed E-state index contributed by atoms with van der Waals surface area (Å²) in [5.74, 6) is -0.521. The summed E-state index contributed by atoms with van der Waals surface area (Å²) in [6, 6.07) is 6.56. The molecule has 1 aromatic rings. The van der Waals surface area contributed by atoms with Crippen molar-refractivity contribution in [2.45, 2.75) is 32.5 Å². The van der Waals surface area contributed by atoms with Crippen LogP contribution in [0.25, 0.3) is 0 Å². The summed E-state index contributed by atoms with van der Waals surface area (Å²) in [5.41, 5.74) is 6.27. The van der Waals surface area contributed by atoms with Crippen LogP contribution >= 0.6 is 0 Å². The van der Waals surface area contributed by atoms with Crippen LogP contribution in [0.2, 0.25) is 0 Å². The van der Waals surface area contributed by atoms with Crippen LogP contribution in [0.4, 0.5) is 5.69 Å². The Kier molecular flexibility index (Phi) is 5.51.